The Bertz CT molecular complexity index is 1110. The molecule has 33 heavy (non-hydrogen) atoms. The molecule has 1 aliphatic rings. The zero-order valence-electron chi connectivity index (χ0n) is 18.3. The van der Waals surface area contributed by atoms with Gasteiger partial charge in [-0.25, -0.2) is 4.79 Å². The molecule has 0 saturated heterocycles. The standard InChI is InChI=1S/C21H21N3O9/c1-5-23(6-2)20(27)14(10-22)7-13-8-15(24(29)30)18(26)16(9-13)32-21(28)33-19-12(4)31-11(3)17(19)25/h7-9,11,26H,5-6H2,1-4H3. The second-order valence-electron chi connectivity index (χ2n) is 6.75. The van der Waals surface area contributed by atoms with Crippen LogP contribution in [0, 0.1) is 21.4 Å². The number of nitriles is 1. The summed E-state index contributed by atoms with van der Waals surface area (Å²) < 4.78 is 14.8. The van der Waals surface area contributed by atoms with Crippen LogP contribution in [-0.4, -0.2) is 52.0 Å². The maximum absolute atomic E-state index is 12.5. The van der Waals surface area contributed by atoms with E-state index in [1.165, 1.54) is 18.7 Å². The van der Waals surface area contributed by atoms with Crippen molar-refractivity contribution in [2.75, 3.05) is 13.1 Å². The number of likely N-dealkylation sites (N-methyl/N-ethyl adjacent to an activating group) is 1. The number of rotatable bonds is 7. The molecule has 0 bridgehead atoms. The van der Waals surface area contributed by atoms with Crippen LogP contribution in [0.2, 0.25) is 0 Å². The number of phenols is 1. The Kier molecular flexibility index (Phi) is 7.74. The van der Waals surface area contributed by atoms with E-state index in [4.69, 9.17) is 14.2 Å². The molecule has 1 atom stereocenters. The fourth-order valence-electron chi connectivity index (χ4n) is 2.95. The van der Waals surface area contributed by atoms with E-state index >= 15 is 0 Å². The lowest BCUT2D eigenvalue weighted by Crippen LogP contribution is -2.31. The molecular weight excluding hydrogens is 438 g/mol. The number of benzene rings is 1. The summed E-state index contributed by atoms with van der Waals surface area (Å²) in [5.74, 6) is -3.22. The van der Waals surface area contributed by atoms with E-state index in [1.54, 1.807) is 19.9 Å². The summed E-state index contributed by atoms with van der Waals surface area (Å²) in [7, 11) is 0. The Morgan fingerprint density at radius 3 is 2.45 bits per heavy atom. The van der Waals surface area contributed by atoms with Gasteiger partial charge in [-0.05, 0) is 45.4 Å². The molecule has 0 saturated carbocycles. The van der Waals surface area contributed by atoms with Gasteiger partial charge in [0.05, 0.1) is 4.92 Å². The van der Waals surface area contributed by atoms with E-state index < -0.39 is 51.8 Å². The molecule has 1 aromatic carbocycles. The van der Waals surface area contributed by atoms with Crippen LogP contribution in [0.25, 0.3) is 6.08 Å². The highest BCUT2D eigenvalue weighted by molar-refractivity contribution is 6.02. The Hall–Kier alpha value is -4.40. The molecule has 1 amide bonds. The maximum atomic E-state index is 12.5. The SMILES string of the molecule is CCN(CC)C(=O)C(C#N)=Cc1cc(OC(=O)OC2=C(C)OC(C)C2=O)c(O)c([N+](=O)[O-])c1. The van der Waals surface area contributed by atoms with E-state index in [1.807, 2.05) is 0 Å². The predicted octanol–water partition coefficient (Wildman–Crippen LogP) is 2.81. The van der Waals surface area contributed by atoms with Crippen LogP contribution >= 0.6 is 0 Å². The minimum absolute atomic E-state index is 0.0462. The van der Waals surface area contributed by atoms with Gasteiger partial charge in [0, 0.05) is 19.2 Å². The average Bonchev–Trinajstić information content (AvgIpc) is 3.00. The maximum Gasteiger partial charge on any atom is 0.519 e. The fourth-order valence-corrected chi connectivity index (χ4v) is 2.95. The van der Waals surface area contributed by atoms with E-state index in [-0.39, 0.29) is 16.9 Å². The monoisotopic (exact) mass is 459 g/mol. The third-order valence-corrected chi connectivity index (χ3v) is 4.63. The van der Waals surface area contributed by atoms with Gasteiger partial charge >= 0.3 is 11.8 Å². The number of aromatic hydroxyl groups is 1. The van der Waals surface area contributed by atoms with Crippen LogP contribution in [0.4, 0.5) is 10.5 Å². The summed E-state index contributed by atoms with van der Waals surface area (Å²) in [5.41, 5.74) is -1.23. The second-order valence-corrected chi connectivity index (χ2v) is 6.75. The van der Waals surface area contributed by atoms with Crippen molar-refractivity contribution in [2.45, 2.75) is 33.8 Å². The molecule has 12 heteroatoms. The van der Waals surface area contributed by atoms with Gasteiger partial charge < -0.3 is 24.2 Å². The molecule has 0 aliphatic carbocycles. The lowest BCUT2D eigenvalue weighted by molar-refractivity contribution is -0.385. The molecule has 0 aromatic heterocycles. The van der Waals surface area contributed by atoms with Gasteiger partial charge in [0.15, 0.2) is 11.9 Å². The minimum atomic E-state index is -1.46. The zero-order valence-corrected chi connectivity index (χ0v) is 18.3. The molecule has 1 aromatic rings. The van der Waals surface area contributed by atoms with Crippen LogP contribution in [0.15, 0.2) is 29.2 Å². The molecule has 12 nitrogen and oxygen atoms in total. The summed E-state index contributed by atoms with van der Waals surface area (Å²) in [6.07, 6.45) is -1.25. The van der Waals surface area contributed by atoms with Gasteiger partial charge in [-0.3, -0.25) is 19.7 Å². The highest BCUT2D eigenvalue weighted by Crippen LogP contribution is 2.38. The van der Waals surface area contributed by atoms with Gasteiger partial charge in [-0.1, -0.05) is 0 Å². The number of carbonyl (C=O) groups is 3. The largest absolute Gasteiger partial charge is 0.519 e. The quantitative estimate of drug-likeness (QED) is 0.160. The lowest BCUT2D eigenvalue weighted by atomic mass is 10.1. The first-order chi connectivity index (χ1) is 15.5. The number of Topliss-reactive ketones (excluding diaryl/α,β-unsaturated/α-hetero) is 1. The summed E-state index contributed by atoms with van der Waals surface area (Å²) in [6, 6.07) is 3.65. The van der Waals surface area contributed by atoms with E-state index in [9.17, 15) is 34.9 Å². The molecular formula is C21H21N3O9. The number of hydrogen-bond donors (Lipinski definition) is 1. The summed E-state index contributed by atoms with van der Waals surface area (Å²) >= 11 is 0. The fraction of sp³-hybridized carbons (Fsp3) is 0.333. The molecule has 2 rings (SSSR count). The molecule has 0 spiro atoms. The van der Waals surface area contributed by atoms with Crippen molar-refractivity contribution >= 4 is 29.6 Å². The molecule has 1 N–H and O–H groups in total. The molecule has 0 radical (unpaired) electrons. The number of nitrogens with zero attached hydrogens (tertiary/aromatic N) is 3. The Balaban J connectivity index is 2.42. The second kappa shape index (κ2) is 10.3. The normalized spacial score (nSPS) is 15.5. The van der Waals surface area contributed by atoms with Crippen LogP contribution in [0.1, 0.15) is 33.3 Å². The van der Waals surface area contributed by atoms with Crippen molar-refractivity contribution < 1.29 is 38.6 Å². The van der Waals surface area contributed by atoms with Crippen molar-refractivity contribution in [3.05, 3.63) is 44.9 Å². The molecule has 1 heterocycles. The number of nitro groups is 1. The van der Waals surface area contributed by atoms with Crippen LogP contribution in [0.5, 0.6) is 11.5 Å². The summed E-state index contributed by atoms with van der Waals surface area (Å²) in [6.45, 7) is 6.95. The van der Waals surface area contributed by atoms with Crippen LogP contribution < -0.4 is 4.74 Å². The number of phenolic OH excluding ortho intramolecular Hbond substituents is 1. The van der Waals surface area contributed by atoms with Gasteiger partial charge in [-0.2, -0.15) is 5.26 Å². The zero-order chi connectivity index (χ0) is 24.9. The van der Waals surface area contributed by atoms with E-state index in [0.717, 1.165) is 18.2 Å². The van der Waals surface area contributed by atoms with Gasteiger partial charge in [-0.15, -0.1) is 0 Å². The van der Waals surface area contributed by atoms with E-state index in [2.05, 4.69) is 0 Å². The van der Waals surface area contributed by atoms with Crippen molar-refractivity contribution in [2.24, 2.45) is 0 Å². The van der Waals surface area contributed by atoms with Crippen molar-refractivity contribution in [1.29, 1.82) is 5.26 Å². The Labute approximate surface area is 188 Å². The van der Waals surface area contributed by atoms with Crippen molar-refractivity contribution in [3.63, 3.8) is 0 Å². The number of nitro benzene ring substituents is 1. The smallest absolute Gasteiger partial charge is 0.499 e. The highest BCUT2D eigenvalue weighted by atomic mass is 16.7. The summed E-state index contributed by atoms with van der Waals surface area (Å²) in [4.78, 5) is 48.4. The number of carbonyl (C=O) groups excluding carboxylic acids is 3. The third kappa shape index (κ3) is 5.45. The third-order valence-electron chi connectivity index (χ3n) is 4.63. The summed E-state index contributed by atoms with van der Waals surface area (Å²) in [5, 5.41) is 30.9. The number of amides is 1. The highest BCUT2D eigenvalue weighted by Gasteiger charge is 2.34. The number of ether oxygens (including phenoxy) is 3. The van der Waals surface area contributed by atoms with Crippen LogP contribution in [0.3, 0.4) is 0 Å². The topological polar surface area (TPSA) is 169 Å². The minimum Gasteiger partial charge on any atom is -0.499 e. The lowest BCUT2D eigenvalue weighted by Gasteiger charge is -2.17. The van der Waals surface area contributed by atoms with Gasteiger partial charge in [0.1, 0.15) is 17.4 Å². The average molecular weight is 459 g/mol. The van der Waals surface area contributed by atoms with Crippen molar-refractivity contribution in [3.8, 4) is 17.6 Å². The van der Waals surface area contributed by atoms with Gasteiger partial charge in [0.2, 0.25) is 17.3 Å². The predicted molar refractivity (Wildman–Crippen MR) is 112 cm³/mol. The first-order valence-corrected chi connectivity index (χ1v) is 9.77. The Morgan fingerprint density at radius 1 is 1.33 bits per heavy atom. The Morgan fingerprint density at radius 2 is 1.97 bits per heavy atom. The first-order valence-electron chi connectivity index (χ1n) is 9.77. The number of ketones is 1. The van der Waals surface area contributed by atoms with E-state index in [0.29, 0.717) is 13.1 Å². The molecule has 0 fully saturated rings. The number of hydrogen-bond acceptors (Lipinski definition) is 10. The molecule has 1 aliphatic heterocycles. The van der Waals surface area contributed by atoms with Crippen LogP contribution in [-0.2, 0) is 19.1 Å². The first kappa shape index (κ1) is 24.9. The number of allylic oxidation sites excluding steroid dienone is 1. The van der Waals surface area contributed by atoms with Gasteiger partial charge in [0.25, 0.3) is 5.91 Å². The van der Waals surface area contributed by atoms with Crippen molar-refractivity contribution in [1.82, 2.24) is 4.90 Å². The molecule has 174 valence electrons. The molecule has 1 unspecified atom stereocenters.